The molecule has 1 heterocycles. The third-order valence-corrected chi connectivity index (χ3v) is 7.05. The van der Waals surface area contributed by atoms with E-state index in [1.165, 1.54) is 4.90 Å². The smallest absolute Gasteiger partial charge is 0.408 e. The van der Waals surface area contributed by atoms with Crippen LogP contribution in [0.25, 0.3) is 0 Å². The molecule has 1 saturated heterocycles. The second kappa shape index (κ2) is 15.4. The van der Waals surface area contributed by atoms with Crippen molar-refractivity contribution in [3.05, 3.63) is 71.8 Å². The Morgan fingerprint density at radius 1 is 0.909 bits per heavy atom. The minimum Gasteiger partial charge on any atom is -0.461 e. The van der Waals surface area contributed by atoms with Crippen LogP contribution >= 0.6 is 0 Å². The highest BCUT2D eigenvalue weighted by Gasteiger charge is 2.46. The Morgan fingerprint density at radius 3 is 2.05 bits per heavy atom. The van der Waals surface area contributed by atoms with Gasteiger partial charge in [-0.25, -0.2) is 9.59 Å². The van der Waals surface area contributed by atoms with E-state index in [1.807, 2.05) is 62.4 Å². The summed E-state index contributed by atoms with van der Waals surface area (Å²) in [6.45, 7) is 8.51. The fraction of sp³-hybridized carbons (Fsp3) is 0.485. The Bertz CT molecular complexity index is 1290. The summed E-state index contributed by atoms with van der Waals surface area (Å²) in [4.78, 5) is 66.1. The van der Waals surface area contributed by atoms with Gasteiger partial charge in [-0.05, 0) is 65.0 Å². The highest BCUT2D eigenvalue weighted by atomic mass is 16.6. The van der Waals surface area contributed by atoms with Crippen LogP contribution < -0.4 is 10.6 Å². The zero-order valence-electron chi connectivity index (χ0n) is 26.1. The molecule has 0 saturated carbocycles. The molecule has 1 aliphatic rings. The van der Waals surface area contributed by atoms with Gasteiger partial charge in [0.05, 0.1) is 0 Å². The van der Waals surface area contributed by atoms with Crippen molar-refractivity contribution in [2.75, 3.05) is 6.54 Å². The van der Waals surface area contributed by atoms with Gasteiger partial charge in [0.2, 0.25) is 11.8 Å². The molecule has 238 valence electrons. The van der Waals surface area contributed by atoms with Gasteiger partial charge in [0.25, 0.3) is 0 Å². The van der Waals surface area contributed by atoms with Crippen molar-refractivity contribution in [2.24, 2.45) is 0 Å². The van der Waals surface area contributed by atoms with Crippen LogP contribution in [0.3, 0.4) is 0 Å². The standard InChI is InChI=1S/C33H43N3O8/c1-32(2,3)44-31(41)34-20-27(37)36-26(18-19-33(36,4)5)29(39)35-25(30(40)43-22-24-14-10-7-11-15-24)16-17-28(38)42-21-23-12-8-6-9-13-23/h6-15,25-26H,16-22H2,1-5H3,(H,34,41)(H,35,39)/t25-,26-/m0/s1. The van der Waals surface area contributed by atoms with Gasteiger partial charge in [-0.15, -0.1) is 0 Å². The predicted molar refractivity (Wildman–Crippen MR) is 162 cm³/mol. The monoisotopic (exact) mass is 609 g/mol. The first-order chi connectivity index (χ1) is 20.7. The zero-order chi connectivity index (χ0) is 32.3. The molecule has 2 aromatic rings. The van der Waals surface area contributed by atoms with E-state index in [-0.39, 0.29) is 32.6 Å². The number of carbonyl (C=O) groups excluding carboxylic acids is 5. The molecule has 0 radical (unpaired) electrons. The quantitative estimate of drug-likeness (QED) is 0.272. The lowest BCUT2D eigenvalue weighted by atomic mass is 10.0. The Kier molecular flexibility index (Phi) is 11.9. The number of benzene rings is 2. The average Bonchev–Trinajstić information content (AvgIpc) is 3.30. The van der Waals surface area contributed by atoms with E-state index in [1.54, 1.807) is 32.9 Å². The second-order valence-corrected chi connectivity index (χ2v) is 12.3. The number of carbonyl (C=O) groups is 5. The predicted octanol–water partition coefficient (Wildman–Crippen LogP) is 4.03. The van der Waals surface area contributed by atoms with Crippen molar-refractivity contribution in [2.45, 2.75) is 96.7 Å². The highest BCUT2D eigenvalue weighted by molar-refractivity contribution is 5.93. The van der Waals surface area contributed by atoms with Gasteiger partial charge < -0.3 is 29.7 Å². The van der Waals surface area contributed by atoms with E-state index in [4.69, 9.17) is 14.2 Å². The third-order valence-electron chi connectivity index (χ3n) is 7.05. The maximum Gasteiger partial charge on any atom is 0.408 e. The van der Waals surface area contributed by atoms with Crippen molar-refractivity contribution in [3.8, 4) is 0 Å². The number of ether oxygens (including phenoxy) is 3. The van der Waals surface area contributed by atoms with Gasteiger partial charge in [0.15, 0.2) is 0 Å². The summed E-state index contributed by atoms with van der Waals surface area (Å²) in [6.07, 6.45) is -0.0713. The first-order valence-corrected chi connectivity index (χ1v) is 14.7. The fourth-order valence-corrected chi connectivity index (χ4v) is 4.89. The van der Waals surface area contributed by atoms with Crippen LogP contribution in [0, 0.1) is 0 Å². The normalized spacial score (nSPS) is 16.4. The lowest BCUT2D eigenvalue weighted by Crippen LogP contribution is -2.57. The highest BCUT2D eigenvalue weighted by Crippen LogP contribution is 2.33. The van der Waals surface area contributed by atoms with Crippen LogP contribution in [0.1, 0.15) is 71.4 Å². The lowest BCUT2D eigenvalue weighted by molar-refractivity contribution is -0.151. The molecule has 0 aromatic heterocycles. The van der Waals surface area contributed by atoms with Crippen molar-refractivity contribution in [3.63, 3.8) is 0 Å². The Labute approximate surface area is 258 Å². The molecule has 3 amide bonds. The van der Waals surface area contributed by atoms with Crippen LogP contribution in [0.5, 0.6) is 0 Å². The van der Waals surface area contributed by atoms with E-state index in [0.29, 0.717) is 12.8 Å². The van der Waals surface area contributed by atoms with Crippen LogP contribution in [0.4, 0.5) is 4.79 Å². The number of rotatable bonds is 12. The Hall–Kier alpha value is -4.41. The number of nitrogens with zero attached hydrogens (tertiary/aromatic N) is 1. The average molecular weight is 610 g/mol. The van der Waals surface area contributed by atoms with Crippen molar-refractivity contribution in [1.82, 2.24) is 15.5 Å². The Morgan fingerprint density at radius 2 is 1.48 bits per heavy atom. The van der Waals surface area contributed by atoms with E-state index in [9.17, 15) is 24.0 Å². The first kappa shape index (κ1) is 34.1. The molecule has 0 aliphatic carbocycles. The minimum absolute atomic E-state index is 0.0120. The number of esters is 2. The molecule has 11 nitrogen and oxygen atoms in total. The van der Waals surface area contributed by atoms with Crippen LogP contribution in [-0.2, 0) is 46.6 Å². The molecular weight excluding hydrogens is 566 g/mol. The van der Waals surface area contributed by atoms with Gasteiger partial charge >= 0.3 is 18.0 Å². The molecule has 44 heavy (non-hydrogen) atoms. The van der Waals surface area contributed by atoms with Gasteiger partial charge in [-0.1, -0.05) is 60.7 Å². The second-order valence-electron chi connectivity index (χ2n) is 12.3. The number of hydrogen-bond donors (Lipinski definition) is 2. The summed E-state index contributed by atoms with van der Waals surface area (Å²) >= 11 is 0. The molecule has 1 aliphatic heterocycles. The van der Waals surface area contributed by atoms with Crippen LogP contribution in [-0.4, -0.2) is 64.5 Å². The van der Waals surface area contributed by atoms with Crippen LogP contribution in [0.15, 0.2) is 60.7 Å². The third kappa shape index (κ3) is 10.7. The lowest BCUT2D eigenvalue weighted by Gasteiger charge is -2.36. The van der Waals surface area contributed by atoms with Gasteiger partial charge in [0.1, 0.15) is 37.4 Å². The van der Waals surface area contributed by atoms with Gasteiger partial charge in [-0.3, -0.25) is 14.4 Å². The van der Waals surface area contributed by atoms with E-state index in [0.717, 1.165) is 11.1 Å². The minimum atomic E-state index is -1.16. The van der Waals surface area contributed by atoms with E-state index in [2.05, 4.69) is 10.6 Å². The largest absolute Gasteiger partial charge is 0.461 e. The van der Waals surface area contributed by atoms with Crippen molar-refractivity contribution < 1.29 is 38.2 Å². The number of likely N-dealkylation sites (tertiary alicyclic amines) is 1. The van der Waals surface area contributed by atoms with Gasteiger partial charge in [-0.2, -0.15) is 0 Å². The maximum atomic E-state index is 13.6. The summed E-state index contributed by atoms with van der Waals surface area (Å²) in [5.41, 5.74) is 0.169. The molecule has 0 spiro atoms. The topological polar surface area (TPSA) is 140 Å². The molecule has 2 atom stereocenters. The molecule has 2 N–H and O–H groups in total. The molecular formula is C33H43N3O8. The SMILES string of the molecule is CC(C)(C)OC(=O)NCC(=O)N1[C@H](C(=O)N[C@@H](CCC(=O)OCc2ccccc2)C(=O)OCc2ccccc2)CCC1(C)C. The maximum absolute atomic E-state index is 13.6. The summed E-state index contributed by atoms with van der Waals surface area (Å²) in [5.74, 6) is -2.26. The fourth-order valence-electron chi connectivity index (χ4n) is 4.89. The molecule has 3 rings (SSSR count). The van der Waals surface area contributed by atoms with E-state index < -0.39 is 53.1 Å². The molecule has 0 bridgehead atoms. The molecule has 1 fully saturated rings. The molecule has 11 heteroatoms. The number of alkyl carbamates (subject to hydrolysis) is 1. The summed E-state index contributed by atoms with van der Waals surface area (Å²) in [7, 11) is 0. The summed E-state index contributed by atoms with van der Waals surface area (Å²) < 4.78 is 16.0. The first-order valence-electron chi connectivity index (χ1n) is 14.7. The molecule has 2 aromatic carbocycles. The van der Waals surface area contributed by atoms with E-state index >= 15 is 0 Å². The summed E-state index contributed by atoms with van der Waals surface area (Å²) in [5, 5.41) is 5.17. The van der Waals surface area contributed by atoms with Crippen molar-refractivity contribution in [1.29, 1.82) is 0 Å². The van der Waals surface area contributed by atoms with Gasteiger partial charge in [0, 0.05) is 12.0 Å². The van der Waals surface area contributed by atoms with Crippen molar-refractivity contribution >= 4 is 29.8 Å². The Balaban J connectivity index is 1.67. The summed E-state index contributed by atoms with van der Waals surface area (Å²) in [6, 6.07) is 16.2. The molecule has 0 unspecified atom stereocenters. The number of nitrogens with one attached hydrogen (secondary N) is 2. The number of hydrogen-bond acceptors (Lipinski definition) is 8. The van der Waals surface area contributed by atoms with Crippen LogP contribution in [0.2, 0.25) is 0 Å². The zero-order valence-corrected chi connectivity index (χ0v) is 26.1. The number of amides is 3.